The maximum atomic E-state index is 12.9. The number of hydrogen-bond acceptors (Lipinski definition) is 6. The van der Waals surface area contributed by atoms with E-state index in [1.165, 1.54) is 11.1 Å². The number of carbonyl (C=O) groups is 2. The Morgan fingerprint density at radius 3 is 2.46 bits per heavy atom. The van der Waals surface area contributed by atoms with Crippen LogP contribution in [0.2, 0.25) is 0 Å². The van der Waals surface area contributed by atoms with Gasteiger partial charge in [-0.15, -0.1) is 0 Å². The van der Waals surface area contributed by atoms with Crippen molar-refractivity contribution in [1.29, 1.82) is 0 Å². The van der Waals surface area contributed by atoms with Crippen LogP contribution in [0.4, 0.5) is 0 Å². The largest absolute Gasteiger partial charge is 0.507 e. The molecule has 3 heterocycles. The number of sulfone groups is 1. The van der Waals surface area contributed by atoms with Crippen molar-refractivity contribution in [1.82, 2.24) is 9.88 Å². The molecule has 1 N–H and O–H groups in total. The van der Waals surface area contributed by atoms with Crippen molar-refractivity contribution in [3.05, 3.63) is 71.6 Å². The number of pyridine rings is 1. The molecule has 1 amide bonds. The highest BCUT2D eigenvalue weighted by Crippen LogP contribution is 2.41. The summed E-state index contributed by atoms with van der Waals surface area (Å²) in [5, 5.41) is 10.8. The lowest BCUT2D eigenvalue weighted by Crippen LogP contribution is -2.40. The van der Waals surface area contributed by atoms with Gasteiger partial charge in [-0.3, -0.25) is 14.6 Å². The number of carbonyl (C=O) groups excluding carboxylic acids is 2. The van der Waals surface area contributed by atoms with Crippen molar-refractivity contribution in [3.63, 3.8) is 0 Å². The first-order valence-electron chi connectivity index (χ1n) is 8.85. The highest BCUT2D eigenvalue weighted by molar-refractivity contribution is 7.91. The van der Waals surface area contributed by atoms with E-state index >= 15 is 0 Å². The lowest BCUT2D eigenvalue weighted by Gasteiger charge is -2.29. The van der Waals surface area contributed by atoms with Gasteiger partial charge in [0.15, 0.2) is 9.84 Å². The Morgan fingerprint density at radius 1 is 1.11 bits per heavy atom. The maximum Gasteiger partial charge on any atom is 0.295 e. The number of amides is 1. The minimum absolute atomic E-state index is 0.0287. The summed E-state index contributed by atoms with van der Waals surface area (Å²) in [5.74, 6) is -2.12. The molecule has 2 aromatic rings. The predicted octanol–water partition coefficient (Wildman–Crippen LogP) is 1.69. The van der Waals surface area contributed by atoms with E-state index in [1.807, 2.05) is 0 Å². The zero-order valence-corrected chi connectivity index (χ0v) is 15.7. The van der Waals surface area contributed by atoms with Crippen molar-refractivity contribution in [3.8, 4) is 0 Å². The van der Waals surface area contributed by atoms with Gasteiger partial charge in [0.1, 0.15) is 5.76 Å². The summed E-state index contributed by atoms with van der Waals surface area (Å²) < 4.78 is 23.9. The quantitative estimate of drug-likeness (QED) is 0.479. The SMILES string of the molecule is O=C1C(=O)N([C@@H]2CCS(=O)(=O)C2)[C@@H](c2cccnc2)/C1=C(\O)c1ccccc1. The molecule has 0 spiro atoms. The van der Waals surface area contributed by atoms with Crippen LogP contribution < -0.4 is 0 Å². The molecule has 2 fully saturated rings. The second kappa shape index (κ2) is 6.87. The third kappa shape index (κ3) is 3.09. The molecule has 2 atom stereocenters. The summed E-state index contributed by atoms with van der Waals surface area (Å²) in [4.78, 5) is 31.1. The third-order valence-corrected chi connectivity index (χ3v) is 6.88. The first-order valence-corrected chi connectivity index (χ1v) is 10.7. The molecule has 144 valence electrons. The van der Waals surface area contributed by atoms with E-state index in [1.54, 1.807) is 48.7 Å². The molecule has 2 saturated heterocycles. The highest BCUT2D eigenvalue weighted by Gasteiger charge is 2.50. The van der Waals surface area contributed by atoms with E-state index in [0.29, 0.717) is 11.1 Å². The topological polar surface area (TPSA) is 105 Å². The standard InChI is InChI=1S/C20H18N2O5S/c23-18(13-5-2-1-3-6-13)16-17(14-7-4-9-21-11-14)22(20(25)19(16)24)15-8-10-28(26,27)12-15/h1-7,9,11,15,17,23H,8,10,12H2/b18-16+/t15-,17+/m1/s1. The second-order valence-corrected chi connectivity index (χ2v) is 9.14. The number of hydrogen-bond donors (Lipinski definition) is 1. The number of aromatic nitrogens is 1. The molecule has 1 aromatic carbocycles. The number of aliphatic hydroxyl groups excluding tert-OH is 1. The Labute approximate surface area is 162 Å². The van der Waals surface area contributed by atoms with Gasteiger partial charge < -0.3 is 10.0 Å². The van der Waals surface area contributed by atoms with Gasteiger partial charge in [0, 0.05) is 24.0 Å². The molecule has 0 bridgehead atoms. The number of benzene rings is 1. The minimum atomic E-state index is -3.27. The molecule has 0 saturated carbocycles. The average molecular weight is 398 g/mol. The van der Waals surface area contributed by atoms with Crippen molar-refractivity contribution in [2.45, 2.75) is 18.5 Å². The van der Waals surface area contributed by atoms with Gasteiger partial charge in [-0.1, -0.05) is 36.4 Å². The van der Waals surface area contributed by atoms with Gasteiger partial charge in [-0.2, -0.15) is 0 Å². The molecule has 1 aromatic heterocycles. The van der Waals surface area contributed by atoms with Gasteiger partial charge in [0.05, 0.1) is 23.1 Å². The number of ketones is 1. The minimum Gasteiger partial charge on any atom is -0.507 e. The summed E-state index contributed by atoms with van der Waals surface area (Å²) in [6, 6.07) is 10.4. The molecule has 2 aliphatic heterocycles. The van der Waals surface area contributed by atoms with Gasteiger partial charge in [0.25, 0.3) is 11.7 Å². The maximum absolute atomic E-state index is 12.9. The molecule has 8 heteroatoms. The molecule has 0 unspecified atom stereocenters. The van der Waals surface area contributed by atoms with Crippen LogP contribution in [0.3, 0.4) is 0 Å². The van der Waals surface area contributed by atoms with Gasteiger partial charge in [-0.05, 0) is 18.1 Å². The fourth-order valence-corrected chi connectivity index (χ4v) is 5.55. The Hall–Kier alpha value is -3.00. The van der Waals surface area contributed by atoms with E-state index in [9.17, 15) is 23.1 Å². The lowest BCUT2D eigenvalue weighted by molar-refractivity contribution is -0.141. The van der Waals surface area contributed by atoms with Crippen molar-refractivity contribution in [2.75, 3.05) is 11.5 Å². The van der Waals surface area contributed by atoms with Crippen LogP contribution in [0.5, 0.6) is 0 Å². The number of likely N-dealkylation sites (tertiary alicyclic amines) is 1. The zero-order valence-electron chi connectivity index (χ0n) is 14.9. The van der Waals surface area contributed by atoms with Gasteiger partial charge in [-0.25, -0.2) is 8.42 Å². The van der Waals surface area contributed by atoms with Crippen LogP contribution in [-0.2, 0) is 19.4 Å². The fourth-order valence-electron chi connectivity index (χ4n) is 3.84. The molecular weight excluding hydrogens is 380 g/mol. The van der Waals surface area contributed by atoms with Crippen molar-refractivity contribution >= 4 is 27.3 Å². The Balaban J connectivity index is 1.88. The normalized spacial score (nSPS) is 25.9. The summed E-state index contributed by atoms with van der Waals surface area (Å²) in [6.07, 6.45) is 3.34. The van der Waals surface area contributed by atoms with E-state index in [-0.39, 0.29) is 29.3 Å². The summed E-state index contributed by atoms with van der Waals surface area (Å²) in [6.45, 7) is 0. The first kappa shape index (κ1) is 18.4. The van der Waals surface area contributed by atoms with Gasteiger partial charge in [0.2, 0.25) is 0 Å². The summed E-state index contributed by atoms with van der Waals surface area (Å²) in [5.41, 5.74) is 0.908. The molecule has 28 heavy (non-hydrogen) atoms. The van der Waals surface area contributed by atoms with Crippen LogP contribution in [0.15, 0.2) is 60.4 Å². The Kier molecular flexibility index (Phi) is 4.50. The number of Topliss-reactive ketones (excluding diaryl/α,β-unsaturated/α-hetero) is 1. The van der Waals surface area contributed by atoms with Crippen molar-refractivity contribution in [2.24, 2.45) is 0 Å². The molecular formula is C20H18N2O5S. The monoisotopic (exact) mass is 398 g/mol. The van der Waals surface area contributed by atoms with E-state index < -0.39 is 33.6 Å². The van der Waals surface area contributed by atoms with Crippen LogP contribution in [-0.4, -0.2) is 52.6 Å². The second-order valence-electron chi connectivity index (χ2n) is 6.92. The smallest absolute Gasteiger partial charge is 0.295 e. The summed E-state index contributed by atoms with van der Waals surface area (Å²) >= 11 is 0. The van der Waals surface area contributed by atoms with Crippen molar-refractivity contribution < 1.29 is 23.1 Å². The van der Waals surface area contributed by atoms with Crippen LogP contribution >= 0.6 is 0 Å². The molecule has 7 nitrogen and oxygen atoms in total. The molecule has 2 aliphatic rings. The average Bonchev–Trinajstić information content (AvgIpc) is 3.19. The van der Waals surface area contributed by atoms with E-state index in [0.717, 1.165) is 0 Å². The number of aliphatic hydroxyl groups is 1. The van der Waals surface area contributed by atoms with Crippen LogP contribution in [0, 0.1) is 0 Å². The predicted molar refractivity (Wildman–Crippen MR) is 102 cm³/mol. The molecule has 0 aliphatic carbocycles. The number of rotatable bonds is 3. The Bertz CT molecular complexity index is 1060. The van der Waals surface area contributed by atoms with E-state index in [4.69, 9.17) is 0 Å². The van der Waals surface area contributed by atoms with Crippen LogP contribution in [0.25, 0.3) is 5.76 Å². The first-order chi connectivity index (χ1) is 13.4. The molecule has 0 radical (unpaired) electrons. The van der Waals surface area contributed by atoms with Gasteiger partial charge >= 0.3 is 0 Å². The van der Waals surface area contributed by atoms with E-state index in [2.05, 4.69) is 4.98 Å². The summed E-state index contributed by atoms with van der Waals surface area (Å²) in [7, 11) is -3.27. The van der Waals surface area contributed by atoms with Crippen LogP contribution in [0.1, 0.15) is 23.6 Å². The fraction of sp³-hybridized carbons (Fsp3) is 0.250. The third-order valence-electron chi connectivity index (χ3n) is 5.13. The Morgan fingerprint density at radius 2 is 1.86 bits per heavy atom. The number of nitrogens with zero attached hydrogens (tertiary/aromatic N) is 2. The highest BCUT2D eigenvalue weighted by atomic mass is 32.2. The lowest BCUT2D eigenvalue weighted by atomic mass is 9.96. The zero-order chi connectivity index (χ0) is 19.9. The molecule has 4 rings (SSSR count).